The van der Waals surface area contributed by atoms with E-state index >= 15 is 0 Å². The molecular formula is C17H14ClN3OS2. The monoisotopic (exact) mass is 375 g/mol. The number of anilines is 1. The first kappa shape index (κ1) is 16.7. The van der Waals surface area contributed by atoms with Gasteiger partial charge in [0.1, 0.15) is 4.88 Å². The molecule has 0 spiro atoms. The number of benzene rings is 2. The summed E-state index contributed by atoms with van der Waals surface area (Å²) >= 11 is 12.8. The van der Waals surface area contributed by atoms with Gasteiger partial charge >= 0.3 is 0 Å². The number of hydrogen-bond donors (Lipinski definition) is 3. The van der Waals surface area contributed by atoms with E-state index < -0.39 is 0 Å². The van der Waals surface area contributed by atoms with E-state index in [9.17, 15) is 4.79 Å². The quantitative estimate of drug-likeness (QED) is 0.456. The minimum atomic E-state index is -0.325. The first-order valence-corrected chi connectivity index (χ1v) is 8.76. The second kappa shape index (κ2) is 7.17. The Morgan fingerprint density at radius 2 is 1.79 bits per heavy atom. The number of halogens is 1. The highest BCUT2D eigenvalue weighted by molar-refractivity contribution is 7.80. The van der Waals surface area contributed by atoms with E-state index in [1.165, 1.54) is 11.3 Å². The van der Waals surface area contributed by atoms with Crippen LogP contribution in [0.15, 0.2) is 48.5 Å². The number of carbonyl (C=O) groups excluding carboxylic acids is 1. The lowest BCUT2D eigenvalue weighted by molar-refractivity contribution is 0.0948. The van der Waals surface area contributed by atoms with E-state index in [2.05, 4.69) is 16.2 Å². The average Bonchev–Trinajstić information content (AvgIpc) is 2.92. The first-order valence-electron chi connectivity index (χ1n) is 7.15. The van der Waals surface area contributed by atoms with Gasteiger partial charge in [0.25, 0.3) is 5.91 Å². The van der Waals surface area contributed by atoms with Crippen molar-refractivity contribution in [3.8, 4) is 0 Å². The van der Waals surface area contributed by atoms with Crippen LogP contribution in [0.25, 0.3) is 10.1 Å². The van der Waals surface area contributed by atoms with Gasteiger partial charge in [0, 0.05) is 15.8 Å². The van der Waals surface area contributed by atoms with Crippen molar-refractivity contribution < 1.29 is 4.79 Å². The zero-order chi connectivity index (χ0) is 17.1. The minimum Gasteiger partial charge on any atom is -0.331 e. The number of carbonyl (C=O) groups is 1. The van der Waals surface area contributed by atoms with Crippen LogP contribution in [0.4, 0.5) is 5.69 Å². The normalized spacial score (nSPS) is 10.4. The lowest BCUT2D eigenvalue weighted by atomic mass is 10.2. The summed E-state index contributed by atoms with van der Waals surface area (Å²) in [5.41, 5.74) is 7.25. The number of aryl methyl sites for hydroxylation is 1. The van der Waals surface area contributed by atoms with Crippen LogP contribution in [0.3, 0.4) is 0 Å². The Balaban J connectivity index is 1.63. The Morgan fingerprint density at radius 1 is 1.08 bits per heavy atom. The van der Waals surface area contributed by atoms with Gasteiger partial charge in [0.05, 0.1) is 5.02 Å². The number of amides is 1. The van der Waals surface area contributed by atoms with Gasteiger partial charge in [-0.05, 0) is 37.3 Å². The average molecular weight is 376 g/mol. The molecule has 3 aromatic rings. The smallest absolute Gasteiger partial charge is 0.281 e. The molecule has 7 heteroatoms. The maximum atomic E-state index is 12.3. The Labute approximate surface area is 153 Å². The minimum absolute atomic E-state index is 0.296. The zero-order valence-corrected chi connectivity index (χ0v) is 15.1. The summed E-state index contributed by atoms with van der Waals surface area (Å²) in [4.78, 5) is 12.7. The molecule has 0 aliphatic rings. The standard InChI is InChI=1S/C17H14ClN3OS2/c1-10-6-8-11(9-7-10)19-17(23)21-20-16(22)15-14(18)12-4-2-3-5-13(12)24-15/h2-9H,1H3,(H,20,22)(H2,19,21,23). The predicted molar refractivity (Wildman–Crippen MR) is 105 cm³/mol. The van der Waals surface area contributed by atoms with Crippen LogP contribution >= 0.6 is 35.2 Å². The maximum absolute atomic E-state index is 12.3. The van der Waals surface area contributed by atoms with Crippen LogP contribution in [0.5, 0.6) is 0 Å². The number of thiophene rings is 1. The van der Waals surface area contributed by atoms with E-state index in [1.807, 2.05) is 55.5 Å². The third kappa shape index (κ3) is 3.67. The summed E-state index contributed by atoms with van der Waals surface area (Å²) in [5, 5.41) is 4.61. The van der Waals surface area contributed by atoms with Crippen molar-refractivity contribution in [2.75, 3.05) is 5.32 Å². The zero-order valence-electron chi connectivity index (χ0n) is 12.7. The number of thiocarbonyl (C=S) groups is 1. The summed E-state index contributed by atoms with van der Waals surface area (Å²) in [7, 11) is 0. The molecule has 0 saturated heterocycles. The largest absolute Gasteiger partial charge is 0.331 e. The Hall–Kier alpha value is -2.15. The van der Waals surface area contributed by atoms with Crippen molar-refractivity contribution in [1.29, 1.82) is 0 Å². The highest BCUT2D eigenvalue weighted by Crippen LogP contribution is 2.34. The number of fused-ring (bicyclic) bond motifs is 1. The van der Waals surface area contributed by atoms with Crippen molar-refractivity contribution in [3.05, 3.63) is 64.0 Å². The van der Waals surface area contributed by atoms with Gasteiger partial charge in [0.15, 0.2) is 5.11 Å². The Kier molecular flexibility index (Phi) is 4.99. The van der Waals surface area contributed by atoms with Crippen molar-refractivity contribution in [3.63, 3.8) is 0 Å². The van der Waals surface area contributed by atoms with Crippen LogP contribution in [-0.2, 0) is 0 Å². The van der Waals surface area contributed by atoms with Crippen LogP contribution < -0.4 is 16.2 Å². The second-order valence-electron chi connectivity index (χ2n) is 5.14. The summed E-state index contributed by atoms with van der Waals surface area (Å²) in [5.74, 6) is -0.325. The number of hydrazine groups is 1. The molecule has 0 aliphatic carbocycles. The highest BCUT2D eigenvalue weighted by atomic mass is 35.5. The molecule has 1 amide bonds. The fourth-order valence-corrected chi connectivity index (χ4v) is 3.71. The van der Waals surface area contributed by atoms with Crippen molar-refractivity contribution in [1.82, 2.24) is 10.9 Å². The molecule has 24 heavy (non-hydrogen) atoms. The molecule has 0 radical (unpaired) electrons. The van der Waals surface area contributed by atoms with Gasteiger partial charge in [-0.2, -0.15) is 0 Å². The Morgan fingerprint density at radius 3 is 2.50 bits per heavy atom. The second-order valence-corrected chi connectivity index (χ2v) is 6.98. The summed E-state index contributed by atoms with van der Waals surface area (Å²) < 4.78 is 0.966. The molecule has 0 saturated carbocycles. The first-order chi connectivity index (χ1) is 11.5. The fraction of sp³-hybridized carbons (Fsp3) is 0.0588. The highest BCUT2D eigenvalue weighted by Gasteiger charge is 2.16. The summed E-state index contributed by atoms with van der Waals surface area (Å²) in [6, 6.07) is 15.4. The molecule has 0 unspecified atom stereocenters. The van der Waals surface area contributed by atoms with Gasteiger partial charge in [-0.25, -0.2) is 0 Å². The van der Waals surface area contributed by atoms with E-state index in [0.29, 0.717) is 15.0 Å². The molecule has 1 heterocycles. The molecule has 0 atom stereocenters. The van der Waals surface area contributed by atoms with Gasteiger partial charge in [-0.15, -0.1) is 11.3 Å². The number of hydrogen-bond acceptors (Lipinski definition) is 3. The molecule has 122 valence electrons. The number of nitrogens with one attached hydrogen (secondary N) is 3. The molecule has 0 aliphatic heterocycles. The van der Waals surface area contributed by atoms with Gasteiger partial charge in [-0.3, -0.25) is 15.6 Å². The van der Waals surface area contributed by atoms with Crippen LogP contribution in [0.2, 0.25) is 5.02 Å². The predicted octanol–water partition coefficient (Wildman–Crippen LogP) is 4.49. The molecule has 0 fully saturated rings. The molecule has 4 nitrogen and oxygen atoms in total. The lowest BCUT2D eigenvalue weighted by Crippen LogP contribution is -2.43. The van der Waals surface area contributed by atoms with Gasteiger partial charge in [0.2, 0.25) is 0 Å². The van der Waals surface area contributed by atoms with Crippen LogP contribution in [-0.4, -0.2) is 11.0 Å². The molecule has 0 bridgehead atoms. The summed E-state index contributed by atoms with van der Waals surface area (Å²) in [6.45, 7) is 2.01. The lowest BCUT2D eigenvalue weighted by Gasteiger charge is -2.11. The molecular weight excluding hydrogens is 362 g/mol. The van der Waals surface area contributed by atoms with Gasteiger partial charge in [-0.1, -0.05) is 47.5 Å². The fourth-order valence-electron chi connectivity index (χ4n) is 2.13. The molecule has 3 rings (SSSR count). The molecule has 3 N–H and O–H groups in total. The van der Waals surface area contributed by atoms with Crippen LogP contribution in [0, 0.1) is 6.92 Å². The number of rotatable bonds is 2. The Bertz CT molecular complexity index is 906. The van der Waals surface area contributed by atoms with Crippen molar-refractivity contribution >= 4 is 61.9 Å². The van der Waals surface area contributed by atoms with Crippen LogP contribution in [0.1, 0.15) is 15.2 Å². The SMILES string of the molecule is Cc1ccc(NC(=S)NNC(=O)c2sc3ccccc3c2Cl)cc1. The third-order valence-corrected chi connectivity index (χ3v) is 5.22. The maximum Gasteiger partial charge on any atom is 0.281 e. The van der Waals surface area contributed by atoms with Gasteiger partial charge < -0.3 is 5.32 Å². The molecule has 1 aromatic heterocycles. The van der Waals surface area contributed by atoms with E-state index in [1.54, 1.807) is 0 Å². The van der Waals surface area contributed by atoms with Crippen molar-refractivity contribution in [2.24, 2.45) is 0 Å². The van der Waals surface area contributed by atoms with E-state index in [0.717, 1.165) is 21.3 Å². The molecule has 2 aromatic carbocycles. The third-order valence-electron chi connectivity index (χ3n) is 3.34. The summed E-state index contributed by atoms with van der Waals surface area (Å²) in [6.07, 6.45) is 0. The van der Waals surface area contributed by atoms with E-state index in [-0.39, 0.29) is 5.91 Å². The van der Waals surface area contributed by atoms with Crippen molar-refractivity contribution in [2.45, 2.75) is 6.92 Å². The van der Waals surface area contributed by atoms with E-state index in [4.69, 9.17) is 23.8 Å². The topological polar surface area (TPSA) is 53.2 Å².